The van der Waals surface area contributed by atoms with Gasteiger partial charge in [0, 0.05) is 33.3 Å². The Kier molecular flexibility index (Phi) is 10.7. The van der Waals surface area contributed by atoms with Gasteiger partial charge in [0.25, 0.3) is 0 Å². The minimum atomic E-state index is 0. The van der Waals surface area contributed by atoms with E-state index >= 15 is 0 Å². The Balaban J connectivity index is 0.00000261. The van der Waals surface area contributed by atoms with Crippen LogP contribution in [0.15, 0.2) is 4.99 Å². The Labute approximate surface area is 182 Å². The summed E-state index contributed by atoms with van der Waals surface area (Å²) in [7, 11) is 4.12. The summed E-state index contributed by atoms with van der Waals surface area (Å²) in [5, 5.41) is 3.62. The van der Waals surface area contributed by atoms with Crippen molar-refractivity contribution in [3.63, 3.8) is 0 Å². The van der Waals surface area contributed by atoms with Crippen molar-refractivity contribution in [2.45, 2.75) is 57.2 Å². The van der Waals surface area contributed by atoms with Crippen LogP contribution in [0.1, 0.15) is 44.9 Å². The van der Waals surface area contributed by atoms with Crippen LogP contribution in [0.3, 0.4) is 0 Å². The minimum absolute atomic E-state index is 0. The molecule has 3 rings (SSSR count). The molecule has 3 aliphatic rings. The topological polar surface area (TPSA) is 49.3 Å². The molecule has 7 heteroatoms. The number of likely N-dealkylation sites (tertiary alicyclic amines) is 2. The fourth-order valence-electron chi connectivity index (χ4n) is 4.25. The number of halogens is 1. The first-order chi connectivity index (χ1) is 12.7. The number of hydrogen-bond donors (Lipinski definition) is 1. The second kappa shape index (κ2) is 12.4. The molecule has 3 saturated heterocycles. The van der Waals surface area contributed by atoms with E-state index in [2.05, 4.69) is 27.2 Å². The summed E-state index contributed by atoms with van der Waals surface area (Å²) in [4.78, 5) is 9.34. The van der Waals surface area contributed by atoms with E-state index in [1.807, 2.05) is 7.05 Å². The molecule has 27 heavy (non-hydrogen) atoms. The normalized spacial score (nSPS) is 26.7. The number of nitrogens with zero attached hydrogens (tertiary/aromatic N) is 3. The second-order valence-corrected chi connectivity index (χ2v) is 8.18. The van der Waals surface area contributed by atoms with E-state index in [1.165, 1.54) is 38.8 Å². The van der Waals surface area contributed by atoms with Crippen molar-refractivity contribution in [3.8, 4) is 0 Å². The molecule has 1 atom stereocenters. The lowest BCUT2D eigenvalue weighted by atomic mass is 9.97. The van der Waals surface area contributed by atoms with Crippen LogP contribution in [-0.2, 0) is 9.47 Å². The SMILES string of the molecule is CN=C(NCC1CCN(C)CC1)N1CCC(OCC2CCCCO2)CC1.I. The van der Waals surface area contributed by atoms with Crippen LogP contribution in [0.2, 0.25) is 0 Å². The van der Waals surface area contributed by atoms with Gasteiger partial charge in [-0.25, -0.2) is 0 Å². The molecule has 0 aliphatic carbocycles. The fourth-order valence-corrected chi connectivity index (χ4v) is 4.25. The molecule has 0 spiro atoms. The number of ether oxygens (including phenoxy) is 2. The maximum absolute atomic E-state index is 6.13. The van der Waals surface area contributed by atoms with Gasteiger partial charge in [-0.3, -0.25) is 4.99 Å². The standard InChI is InChI=1S/C20H38N4O2.HI/c1-21-20(22-15-17-6-10-23(2)11-7-17)24-12-8-18(9-13-24)26-16-19-5-3-4-14-25-19;/h17-19H,3-16H2,1-2H3,(H,21,22);1H. The monoisotopic (exact) mass is 494 g/mol. The molecule has 0 aromatic carbocycles. The lowest BCUT2D eigenvalue weighted by Crippen LogP contribution is -2.48. The van der Waals surface area contributed by atoms with Crippen LogP contribution >= 0.6 is 24.0 Å². The minimum Gasteiger partial charge on any atom is -0.376 e. The molecular weight excluding hydrogens is 455 g/mol. The first-order valence-electron chi connectivity index (χ1n) is 10.6. The van der Waals surface area contributed by atoms with E-state index in [-0.39, 0.29) is 24.0 Å². The second-order valence-electron chi connectivity index (χ2n) is 8.18. The summed E-state index contributed by atoms with van der Waals surface area (Å²) in [6.07, 6.45) is 9.11. The zero-order chi connectivity index (χ0) is 18.2. The van der Waals surface area contributed by atoms with Gasteiger partial charge in [-0.15, -0.1) is 24.0 Å². The number of rotatable bonds is 5. The van der Waals surface area contributed by atoms with Gasteiger partial charge in [0.15, 0.2) is 5.96 Å². The third kappa shape index (κ3) is 7.66. The first-order valence-corrected chi connectivity index (χ1v) is 10.6. The molecule has 3 heterocycles. The van der Waals surface area contributed by atoms with Crippen LogP contribution < -0.4 is 5.32 Å². The van der Waals surface area contributed by atoms with Crippen LogP contribution in [0.25, 0.3) is 0 Å². The van der Waals surface area contributed by atoms with E-state index in [4.69, 9.17) is 9.47 Å². The zero-order valence-electron chi connectivity index (χ0n) is 17.2. The average molecular weight is 494 g/mol. The number of nitrogens with one attached hydrogen (secondary N) is 1. The largest absolute Gasteiger partial charge is 0.376 e. The van der Waals surface area contributed by atoms with Gasteiger partial charge in [0.05, 0.1) is 18.8 Å². The summed E-state index contributed by atoms with van der Waals surface area (Å²) in [6, 6.07) is 0. The summed E-state index contributed by atoms with van der Waals surface area (Å²) >= 11 is 0. The van der Waals surface area contributed by atoms with Crippen LogP contribution in [0, 0.1) is 5.92 Å². The summed E-state index contributed by atoms with van der Waals surface area (Å²) in [5.74, 6) is 1.84. The van der Waals surface area contributed by atoms with Crippen molar-refractivity contribution in [2.75, 3.05) is 60.0 Å². The van der Waals surface area contributed by atoms with Crippen molar-refractivity contribution < 1.29 is 9.47 Å². The quantitative estimate of drug-likeness (QED) is 0.362. The van der Waals surface area contributed by atoms with Crippen molar-refractivity contribution in [2.24, 2.45) is 10.9 Å². The smallest absolute Gasteiger partial charge is 0.193 e. The molecule has 0 aromatic rings. The molecule has 0 aromatic heterocycles. The molecule has 158 valence electrons. The molecule has 0 amide bonds. The summed E-state index contributed by atoms with van der Waals surface area (Å²) < 4.78 is 11.9. The van der Waals surface area contributed by atoms with Crippen LogP contribution in [0.4, 0.5) is 0 Å². The van der Waals surface area contributed by atoms with Crippen molar-refractivity contribution in [1.82, 2.24) is 15.1 Å². The highest BCUT2D eigenvalue weighted by Gasteiger charge is 2.24. The van der Waals surface area contributed by atoms with Gasteiger partial charge < -0.3 is 24.6 Å². The predicted molar refractivity (Wildman–Crippen MR) is 121 cm³/mol. The molecular formula is C20H39IN4O2. The highest BCUT2D eigenvalue weighted by atomic mass is 127. The Hall–Kier alpha value is -0.120. The van der Waals surface area contributed by atoms with E-state index < -0.39 is 0 Å². The van der Waals surface area contributed by atoms with Gasteiger partial charge in [-0.1, -0.05) is 0 Å². The number of piperidine rings is 2. The van der Waals surface area contributed by atoms with Gasteiger partial charge in [-0.05, 0) is 71.0 Å². The van der Waals surface area contributed by atoms with Gasteiger partial charge in [0.2, 0.25) is 0 Å². The molecule has 1 unspecified atom stereocenters. The predicted octanol–water partition coefficient (Wildman–Crippen LogP) is 2.57. The fraction of sp³-hybridized carbons (Fsp3) is 0.950. The zero-order valence-corrected chi connectivity index (χ0v) is 19.5. The Morgan fingerprint density at radius 2 is 1.81 bits per heavy atom. The molecule has 1 N–H and O–H groups in total. The summed E-state index contributed by atoms with van der Waals surface area (Å²) in [6.45, 7) is 7.23. The van der Waals surface area contributed by atoms with Crippen molar-refractivity contribution in [1.29, 1.82) is 0 Å². The Morgan fingerprint density at radius 1 is 1.07 bits per heavy atom. The lowest BCUT2D eigenvalue weighted by Gasteiger charge is -2.36. The van der Waals surface area contributed by atoms with E-state index in [0.717, 1.165) is 64.0 Å². The highest BCUT2D eigenvalue weighted by molar-refractivity contribution is 14.0. The van der Waals surface area contributed by atoms with Crippen molar-refractivity contribution >= 4 is 29.9 Å². The summed E-state index contributed by atoms with van der Waals surface area (Å²) in [5.41, 5.74) is 0. The molecule has 0 radical (unpaired) electrons. The average Bonchev–Trinajstić information content (AvgIpc) is 2.70. The van der Waals surface area contributed by atoms with Crippen molar-refractivity contribution in [3.05, 3.63) is 0 Å². The molecule has 3 fully saturated rings. The van der Waals surface area contributed by atoms with E-state index in [1.54, 1.807) is 0 Å². The van der Waals surface area contributed by atoms with E-state index in [9.17, 15) is 0 Å². The van der Waals surface area contributed by atoms with Crippen LogP contribution in [0.5, 0.6) is 0 Å². The number of hydrogen-bond acceptors (Lipinski definition) is 4. The maximum atomic E-state index is 6.13. The molecule has 0 bridgehead atoms. The Bertz CT molecular complexity index is 430. The third-order valence-electron chi connectivity index (χ3n) is 6.13. The van der Waals surface area contributed by atoms with Crippen LogP contribution in [-0.4, -0.2) is 88.0 Å². The number of guanidine groups is 1. The van der Waals surface area contributed by atoms with E-state index in [0.29, 0.717) is 12.2 Å². The Morgan fingerprint density at radius 3 is 2.44 bits per heavy atom. The first kappa shape index (κ1) is 23.2. The number of aliphatic imine (C=N–C) groups is 1. The van der Waals surface area contributed by atoms with Gasteiger partial charge in [-0.2, -0.15) is 0 Å². The molecule has 6 nitrogen and oxygen atoms in total. The molecule has 3 aliphatic heterocycles. The van der Waals surface area contributed by atoms with Gasteiger partial charge >= 0.3 is 0 Å². The van der Waals surface area contributed by atoms with Gasteiger partial charge in [0.1, 0.15) is 0 Å². The lowest BCUT2D eigenvalue weighted by molar-refractivity contribution is -0.0721. The highest BCUT2D eigenvalue weighted by Crippen LogP contribution is 2.18. The third-order valence-corrected chi connectivity index (χ3v) is 6.13. The maximum Gasteiger partial charge on any atom is 0.193 e. The molecule has 0 saturated carbocycles.